The molecule has 0 unspecified atom stereocenters. The summed E-state index contributed by atoms with van der Waals surface area (Å²) in [5.41, 5.74) is 1.27. The van der Waals surface area contributed by atoms with Crippen molar-refractivity contribution < 1.29 is 32.9 Å². The predicted molar refractivity (Wildman–Crippen MR) is 142 cm³/mol. The average Bonchev–Trinajstić information content (AvgIpc) is 3.21. The minimum absolute atomic E-state index is 0.136. The highest BCUT2D eigenvalue weighted by atomic mass is 32.1. The van der Waals surface area contributed by atoms with Gasteiger partial charge in [0.15, 0.2) is 22.9 Å². The van der Waals surface area contributed by atoms with Crippen LogP contribution in [0.5, 0.6) is 11.5 Å². The Balaban J connectivity index is 1.90. The number of nitrogens with zero attached hydrogens (tertiary/aromatic N) is 2. The molecule has 1 aliphatic heterocycles. The lowest BCUT2D eigenvalue weighted by Gasteiger charge is -2.25. The van der Waals surface area contributed by atoms with Gasteiger partial charge in [0, 0.05) is 0 Å². The Morgan fingerprint density at radius 3 is 2.59 bits per heavy atom. The molecule has 9 nitrogen and oxygen atoms in total. The van der Waals surface area contributed by atoms with Crippen molar-refractivity contribution >= 4 is 29.4 Å². The van der Waals surface area contributed by atoms with Crippen LogP contribution in [0, 0.1) is 5.82 Å². The summed E-state index contributed by atoms with van der Waals surface area (Å²) in [7, 11) is 1.26. The number of methoxy groups -OCH3 is 1. The Bertz CT molecular complexity index is 1620. The van der Waals surface area contributed by atoms with E-state index in [0.29, 0.717) is 44.3 Å². The van der Waals surface area contributed by atoms with E-state index in [9.17, 15) is 18.8 Å². The monoisotopic (exact) mass is 554 g/mol. The molecule has 0 saturated carbocycles. The van der Waals surface area contributed by atoms with Gasteiger partial charge in [-0.15, -0.1) is 0 Å². The summed E-state index contributed by atoms with van der Waals surface area (Å²) >= 11 is 1.14. The fourth-order valence-corrected chi connectivity index (χ4v) is 5.18. The lowest BCUT2D eigenvalue weighted by Crippen LogP contribution is -2.40. The van der Waals surface area contributed by atoms with E-state index in [4.69, 9.17) is 14.2 Å². The summed E-state index contributed by atoms with van der Waals surface area (Å²) < 4.78 is 36.8. The quantitative estimate of drug-likeness (QED) is 0.375. The molecule has 0 fully saturated rings. The molecule has 4 rings (SSSR count). The van der Waals surface area contributed by atoms with Gasteiger partial charge in [-0.2, -0.15) is 0 Å². The molecule has 0 amide bonds. The van der Waals surface area contributed by atoms with Crippen LogP contribution in [0.25, 0.3) is 6.08 Å². The number of hydrogen-bond donors (Lipinski definition) is 0. The third-order valence-corrected chi connectivity index (χ3v) is 6.80. The number of halogens is 1. The number of carbonyl (C=O) groups excluding carboxylic acids is 2. The Morgan fingerprint density at radius 2 is 1.90 bits per heavy atom. The normalized spacial score (nSPS) is 14.9. The van der Waals surface area contributed by atoms with Crippen LogP contribution in [0.4, 0.5) is 4.39 Å². The standard InChI is InChI=1S/C28H27FN2O7S/c1-5-36-21-14-18(10-11-20(21)38-15-23(32)35-4)25-24(27(34)37-6-2)16(3)30-28-31(25)26(33)22(39-28)13-17-8-7-9-19(29)12-17/h7-14,25H,5-6,15H2,1-4H3/b22-13-/t25-/m1/s1. The van der Waals surface area contributed by atoms with E-state index in [0.717, 1.165) is 11.3 Å². The maximum absolute atomic E-state index is 13.8. The number of thiazole rings is 1. The van der Waals surface area contributed by atoms with E-state index in [1.54, 1.807) is 57.2 Å². The molecule has 11 heteroatoms. The third-order valence-electron chi connectivity index (χ3n) is 5.82. The minimum Gasteiger partial charge on any atom is -0.490 e. The number of rotatable bonds is 9. The van der Waals surface area contributed by atoms with E-state index in [1.165, 1.54) is 23.8 Å². The van der Waals surface area contributed by atoms with Crippen LogP contribution in [0.15, 0.2) is 63.5 Å². The van der Waals surface area contributed by atoms with Crippen LogP contribution in [-0.4, -0.2) is 43.4 Å². The molecule has 2 heterocycles. The molecular weight excluding hydrogens is 527 g/mol. The summed E-state index contributed by atoms with van der Waals surface area (Å²) in [5.74, 6) is -0.975. The highest BCUT2D eigenvalue weighted by Gasteiger charge is 2.34. The molecule has 3 aromatic rings. The van der Waals surface area contributed by atoms with E-state index < -0.39 is 29.4 Å². The van der Waals surface area contributed by atoms with Crippen molar-refractivity contribution in [1.82, 2.24) is 4.57 Å². The number of allylic oxidation sites excluding steroid dienone is 1. The number of esters is 2. The summed E-state index contributed by atoms with van der Waals surface area (Å²) in [5, 5.41) is 0. The molecule has 0 N–H and O–H groups in total. The van der Waals surface area contributed by atoms with Gasteiger partial charge < -0.3 is 18.9 Å². The lowest BCUT2D eigenvalue weighted by molar-refractivity contribution is -0.143. The van der Waals surface area contributed by atoms with Crippen molar-refractivity contribution in [1.29, 1.82) is 0 Å². The van der Waals surface area contributed by atoms with Crippen molar-refractivity contribution in [2.75, 3.05) is 26.9 Å². The minimum atomic E-state index is -0.885. The van der Waals surface area contributed by atoms with Crippen LogP contribution < -0.4 is 24.4 Å². The Labute approximate surface area is 227 Å². The molecule has 39 heavy (non-hydrogen) atoms. The van der Waals surface area contributed by atoms with Crippen LogP contribution >= 0.6 is 11.3 Å². The molecule has 1 aromatic heterocycles. The number of fused-ring (bicyclic) bond motifs is 1. The second kappa shape index (κ2) is 12.1. The van der Waals surface area contributed by atoms with Crippen LogP contribution in [0.1, 0.15) is 37.9 Å². The van der Waals surface area contributed by atoms with Gasteiger partial charge >= 0.3 is 11.9 Å². The maximum atomic E-state index is 13.8. The maximum Gasteiger partial charge on any atom is 0.343 e. The second-order valence-corrected chi connectivity index (χ2v) is 9.37. The fourth-order valence-electron chi connectivity index (χ4n) is 4.13. The van der Waals surface area contributed by atoms with Gasteiger partial charge in [-0.05, 0) is 62.2 Å². The van der Waals surface area contributed by atoms with Gasteiger partial charge in [-0.1, -0.05) is 29.5 Å². The fraction of sp³-hybridized carbons (Fsp3) is 0.286. The number of ether oxygens (including phenoxy) is 4. The first-order valence-corrected chi connectivity index (χ1v) is 13.0. The van der Waals surface area contributed by atoms with Crippen molar-refractivity contribution in [2.24, 2.45) is 4.99 Å². The van der Waals surface area contributed by atoms with Crippen molar-refractivity contribution in [3.8, 4) is 11.5 Å². The molecule has 0 radical (unpaired) electrons. The summed E-state index contributed by atoms with van der Waals surface area (Å²) in [4.78, 5) is 43.4. The van der Waals surface area contributed by atoms with E-state index in [1.807, 2.05) is 0 Å². The largest absolute Gasteiger partial charge is 0.490 e. The number of carbonyl (C=O) groups is 2. The molecule has 0 spiro atoms. The number of aromatic nitrogens is 1. The first kappa shape index (κ1) is 27.8. The smallest absolute Gasteiger partial charge is 0.343 e. The molecule has 204 valence electrons. The SMILES string of the molecule is CCOC(=O)C1=C(C)N=c2s/c(=C\c3cccc(F)c3)c(=O)n2[C@@H]1c1ccc(OCC(=O)OC)c(OCC)c1. The van der Waals surface area contributed by atoms with Gasteiger partial charge in [-0.3, -0.25) is 9.36 Å². The van der Waals surface area contributed by atoms with Crippen molar-refractivity contribution in [2.45, 2.75) is 26.8 Å². The average molecular weight is 555 g/mol. The van der Waals surface area contributed by atoms with Crippen molar-refractivity contribution in [3.05, 3.63) is 90.4 Å². The van der Waals surface area contributed by atoms with Crippen LogP contribution in [0.3, 0.4) is 0 Å². The van der Waals surface area contributed by atoms with E-state index in [2.05, 4.69) is 9.73 Å². The molecule has 0 aliphatic carbocycles. The number of benzene rings is 2. The first-order valence-electron chi connectivity index (χ1n) is 12.2. The third kappa shape index (κ3) is 5.93. The molecule has 0 bridgehead atoms. The lowest BCUT2D eigenvalue weighted by atomic mass is 9.95. The predicted octanol–water partition coefficient (Wildman–Crippen LogP) is 2.89. The Morgan fingerprint density at radius 1 is 1.10 bits per heavy atom. The van der Waals surface area contributed by atoms with Gasteiger partial charge in [0.2, 0.25) is 0 Å². The summed E-state index contributed by atoms with van der Waals surface area (Å²) in [6, 6.07) is 9.95. The second-order valence-electron chi connectivity index (χ2n) is 8.36. The van der Waals surface area contributed by atoms with Gasteiger partial charge in [0.1, 0.15) is 5.82 Å². The summed E-state index contributed by atoms with van der Waals surface area (Å²) in [6.07, 6.45) is 1.59. The van der Waals surface area contributed by atoms with E-state index >= 15 is 0 Å². The molecule has 1 aliphatic rings. The highest BCUT2D eigenvalue weighted by Crippen LogP contribution is 2.36. The van der Waals surface area contributed by atoms with Crippen molar-refractivity contribution in [3.63, 3.8) is 0 Å². The molecule has 1 atom stereocenters. The molecule has 2 aromatic carbocycles. The molecule has 0 saturated heterocycles. The van der Waals surface area contributed by atoms with Crippen LogP contribution in [-0.2, 0) is 19.1 Å². The van der Waals surface area contributed by atoms with Gasteiger partial charge in [0.25, 0.3) is 5.56 Å². The first-order chi connectivity index (χ1) is 18.8. The van der Waals surface area contributed by atoms with Crippen LogP contribution in [0.2, 0.25) is 0 Å². The highest BCUT2D eigenvalue weighted by molar-refractivity contribution is 7.07. The summed E-state index contributed by atoms with van der Waals surface area (Å²) in [6.45, 7) is 5.28. The van der Waals surface area contributed by atoms with Gasteiger partial charge in [-0.25, -0.2) is 19.0 Å². The Kier molecular flexibility index (Phi) is 8.60. The zero-order valence-electron chi connectivity index (χ0n) is 21.9. The zero-order chi connectivity index (χ0) is 28.1. The van der Waals surface area contributed by atoms with Gasteiger partial charge in [0.05, 0.1) is 42.2 Å². The topological polar surface area (TPSA) is 105 Å². The Hall–Kier alpha value is -4.25. The molecular formula is C28H27FN2O7S. The number of hydrogen-bond acceptors (Lipinski definition) is 9. The zero-order valence-corrected chi connectivity index (χ0v) is 22.7. The van der Waals surface area contributed by atoms with E-state index in [-0.39, 0.29) is 18.8 Å².